The summed E-state index contributed by atoms with van der Waals surface area (Å²) < 4.78 is 48.9. The fourth-order valence-corrected chi connectivity index (χ4v) is 4.27. The molecular formula is C28H32F3N5O4. The van der Waals surface area contributed by atoms with Gasteiger partial charge in [-0.25, -0.2) is 4.79 Å². The number of nitrogens with zero attached hydrogens (tertiary/aromatic N) is 3. The Hall–Kier alpha value is -3.90. The van der Waals surface area contributed by atoms with Gasteiger partial charge in [0.1, 0.15) is 18.5 Å². The number of nitrogens with one attached hydrogen (secondary N) is 2. The van der Waals surface area contributed by atoms with E-state index in [9.17, 15) is 22.8 Å². The average Bonchev–Trinajstić information content (AvgIpc) is 3.36. The minimum Gasteiger partial charge on any atom is -0.490 e. The van der Waals surface area contributed by atoms with Crippen molar-refractivity contribution in [3.63, 3.8) is 0 Å². The number of aromatic amines is 1. The van der Waals surface area contributed by atoms with Crippen LogP contribution in [0.4, 0.5) is 13.2 Å². The maximum atomic E-state index is 12.8. The lowest BCUT2D eigenvalue weighted by atomic mass is 10.1. The second-order valence-electron chi connectivity index (χ2n) is 9.94. The molecule has 0 radical (unpaired) electrons. The van der Waals surface area contributed by atoms with Crippen LogP contribution in [0, 0.1) is 0 Å². The Bertz CT molecular complexity index is 1320. The number of halogens is 3. The molecule has 0 fully saturated rings. The van der Waals surface area contributed by atoms with Crippen LogP contribution in [-0.4, -0.2) is 97.9 Å². The van der Waals surface area contributed by atoms with Crippen molar-refractivity contribution < 1.29 is 32.2 Å². The van der Waals surface area contributed by atoms with Gasteiger partial charge >= 0.3 is 12.1 Å². The van der Waals surface area contributed by atoms with E-state index < -0.39 is 18.2 Å². The molecule has 1 atom stereocenters. The van der Waals surface area contributed by atoms with E-state index in [1.165, 1.54) is 0 Å². The smallest absolute Gasteiger partial charge is 0.490 e. The number of carbonyl (C=O) groups excluding carboxylic acids is 2. The highest BCUT2D eigenvalue weighted by molar-refractivity contribution is 5.97. The van der Waals surface area contributed by atoms with Crippen molar-refractivity contribution in [3.05, 3.63) is 59.9 Å². The van der Waals surface area contributed by atoms with Crippen LogP contribution in [0.3, 0.4) is 0 Å². The van der Waals surface area contributed by atoms with Gasteiger partial charge in [0, 0.05) is 61.3 Å². The third-order valence-electron chi connectivity index (χ3n) is 6.41. The molecular weight excluding hydrogens is 527 g/mol. The second-order valence-corrected chi connectivity index (χ2v) is 9.94. The van der Waals surface area contributed by atoms with Crippen molar-refractivity contribution in [2.24, 2.45) is 0 Å². The molecule has 0 saturated heterocycles. The highest BCUT2D eigenvalue weighted by atomic mass is 19.4. The van der Waals surface area contributed by atoms with Gasteiger partial charge in [-0.2, -0.15) is 13.2 Å². The molecule has 0 spiro atoms. The highest BCUT2D eigenvalue weighted by Crippen LogP contribution is 2.28. The molecule has 1 aliphatic heterocycles. The first-order valence-corrected chi connectivity index (χ1v) is 12.8. The van der Waals surface area contributed by atoms with Gasteiger partial charge in [-0.3, -0.25) is 9.78 Å². The van der Waals surface area contributed by atoms with E-state index in [1.54, 1.807) is 42.4 Å². The topological polar surface area (TPSA) is 99.8 Å². The lowest BCUT2D eigenvalue weighted by Crippen LogP contribution is -2.41. The molecule has 214 valence electrons. The number of carbonyl (C=O) groups is 2. The fourth-order valence-electron chi connectivity index (χ4n) is 4.27. The molecule has 1 unspecified atom stereocenters. The van der Waals surface area contributed by atoms with Crippen molar-refractivity contribution in [1.29, 1.82) is 0 Å². The van der Waals surface area contributed by atoms with E-state index in [4.69, 9.17) is 9.47 Å². The predicted octanol–water partition coefficient (Wildman–Crippen LogP) is 3.38. The first-order chi connectivity index (χ1) is 19.0. The summed E-state index contributed by atoms with van der Waals surface area (Å²) in [5, 5.41) is 2.84. The van der Waals surface area contributed by atoms with Crippen LogP contribution >= 0.6 is 0 Å². The largest absolute Gasteiger partial charge is 0.490 e. The first-order valence-electron chi connectivity index (χ1n) is 12.8. The predicted molar refractivity (Wildman–Crippen MR) is 143 cm³/mol. The molecule has 4 rings (SSSR count). The van der Waals surface area contributed by atoms with E-state index in [-0.39, 0.29) is 19.1 Å². The second kappa shape index (κ2) is 12.5. The van der Waals surface area contributed by atoms with Gasteiger partial charge in [0.15, 0.2) is 0 Å². The summed E-state index contributed by atoms with van der Waals surface area (Å²) in [5.41, 5.74) is 4.74. The maximum absolute atomic E-state index is 12.8. The number of aromatic nitrogens is 2. The Morgan fingerprint density at radius 2 is 1.82 bits per heavy atom. The molecule has 12 heteroatoms. The van der Waals surface area contributed by atoms with Crippen LogP contribution in [0.2, 0.25) is 0 Å². The Labute approximate surface area is 230 Å². The highest BCUT2D eigenvalue weighted by Gasteiger charge is 2.42. The summed E-state index contributed by atoms with van der Waals surface area (Å²) in [4.78, 5) is 35.1. The number of amides is 1. The third-order valence-corrected chi connectivity index (χ3v) is 6.41. The van der Waals surface area contributed by atoms with E-state index in [0.717, 1.165) is 28.9 Å². The normalized spacial score (nSPS) is 14.2. The SMILES string of the molecule is CN(C)CCN(C)CC(COc1ccc(-c2cc(-c3cc4c([nH]3)CCNC4=O)ccn2)cc1)OC(=O)C(F)(F)F. The Morgan fingerprint density at radius 1 is 1.07 bits per heavy atom. The summed E-state index contributed by atoms with van der Waals surface area (Å²) >= 11 is 0. The zero-order chi connectivity index (χ0) is 28.9. The van der Waals surface area contributed by atoms with Crippen LogP contribution < -0.4 is 10.1 Å². The quantitative estimate of drug-likeness (QED) is 0.348. The molecule has 0 aliphatic carbocycles. The molecule has 9 nitrogen and oxygen atoms in total. The van der Waals surface area contributed by atoms with E-state index in [2.05, 4.69) is 15.3 Å². The van der Waals surface area contributed by atoms with Crippen molar-refractivity contribution in [2.45, 2.75) is 18.7 Å². The van der Waals surface area contributed by atoms with Gasteiger partial charge in [-0.05, 0) is 63.6 Å². The zero-order valence-corrected chi connectivity index (χ0v) is 22.5. The number of pyridine rings is 1. The molecule has 40 heavy (non-hydrogen) atoms. The van der Waals surface area contributed by atoms with Crippen LogP contribution in [0.25, 0.3) is 22.5 Å². The minimum atomic E-state index is -5.09. The van der Waals surface area contributed by atoms with Gasteiger partial charge in [0.2, 0.25) is 0 Å². The van der Waals surface area contributed by atoms with Gasteiger partial charge in [0.25, 0.3) is 5.91 Å². The Balaban J connectivity index is 1.42. The fraction of sp³-hybridized carbons (Fsp3) is 0.393. The number of esters is 1. The van der Waals surface area contributed by atoms with Gasteiger partial charge < -0.3 is 29.6 Å². The number of alkyl halides is 3. The number of H-pyrrole nitrogens is 1. The van der Waals surface area contributed by atoms with Crippen molar-refractivity contribution >= 4 is 11.9 Å². The van der Waals surface area contributed by atoms with Crippen molar-refractivity contribution in [2.75, 3.05) is 53.9 Å². The molecule has 3 heterocycles. The number of fused-ring (bicyclic) bond motifs is 1. The number of ether oxygens (including phenoxy) is 2. The summed E-state index contributed by atoms with van der Waals surface area (Å²) in [7, 11) is 5.52. The molecule has 1 aliphatic rings. The molecule has 0 bridgehead atoms. The molecule has 1 aromatic carbocycles. The van der Waals surface area contributed by atoms with Gasteiger partial charge in [-0.15, -0.1) is 0 Å². The Morgan fingerprint density at radius 3 is 2.50 bits per heavy atom. The summed E-state index contributed by atoms with van der Waals surface area (Å²) in [6.45, 7) is 1.70. The maximum Gasteiger partial charge on any atom is 0.490 e. The van der Waals surface area contributed by atoms with E-state index >= 15 is 0 Å². The molecule has 2 aromatic heterocycles. The summed E-state index contributed by atoms with van der Waals surface area (Å²) in [6.07, 6.45) is -3.78. The Kier molecular flexibility index (Phi) is 9.10. The number of hydrogen-bond donors (Lipinski definition) is 2. The summed E-state index contributed by atoms with van der Waals surface area (Å²) in [5.74, 6) is -1.93. The molecule has 3 aromatic rings. The lowest BCUT2D eigenvalue weighted by molar-refractivity contribution is -0.206. The average molecular weight is 560 g/mol. The molecule has 0 saturated carbocycles. The number of likely N-dealkylation sites (N-methyl/N-ethyl adjacent to an activating group) is 2. The molecule has 1 amide bonds. The first kappa shape index (κ1) is 29.1. The monoisotopic (exact) mass is 559 g/mol. The van der Waals surface area contributed by atoms with Crippen LogP contribution in [0.5, 0.6) is 5.75 Å². The molecule has 2 N–H and O–H groups in total. The number of hydrogen-bond acceptors (Lipinski definition) is 7. The van der Waals surface area contributed by atoms with E-state index in [0.29, 0.717) is 36.6 Å². The number of rotatable bonds is 11. The third kappa shape index (κ3) is 7.60. The van der Waals surface area contributed by atoms with Crippen LogP contribution in [-0.2, 0) is 16.0 Å². The number of benzene rings is 1. The van der Waals surface area contributed by atoms with Gasteiger partial charge in [-0.1, -0.05) is 0 Å². The van der Waals surface area contributed by atoms with Crippen LogP contribution in [0.15, 0.2) is 48.7 Å². The minimum absolute atomic E-state index is 0.0777. The van der Waals surface area contributed by atoms with E-state index in [1.807, 2.05) is 37.2 Å². The standard InChI is InChI=1S/C28H32F3N5O4/c1-35(2)12-13-36(3)16-21(40-27(38)28(29,30)31)17-39-20-6-4-18(5-7-20)24-14-19(8-10-32-24)25-15-22-23(34-25)9-11-33-26(22)37/h4-8,10,14-15,21,34H,9,11-13,16-17H2,1-3H3,(H,33,37). The zero-order valence-electron chi connectivity index (χ0n) is 22.5. The summed E-state index contributed by atoms with van der Waals surface area (Å²) in [6, 6.07) is 12.5. The van der Waals surface area contributed by atoms with Crippen molar-refractivity contribution in [1.82, 2.24) is 25.1 Å². The van der Waals surface area contributed by atoms with Crippen molar-refractivity contribution in [3.8, 4) is 28.3 Å². The lowest BCUT2D eigenvalue weighted by Gasteiger charge is -2.25. The van der Waals surface area contributed by atoms with Crippen LogP contribution in [0.1, 0.15) is 16.1 Å². The van der Waals surface area contributed by atoms with Gasteiger partial charge in [0.05, 0.1) is 11.3 Å².